The number of piperidine rings is 3. The van der Waals surface area contributed by atoms with Crippen LogP contribution in [-0.2, 0) is 48.3 Å². The number of hydrogen-bond donors (Lipinski definition) is 2. The molecule has 0 radical (unpaired) electrons. The van der Waals surface area contributed by atoms with E-state index in [1.807, 2.05) is 34.2 Å². The van der Waals surface area contributed by atoms with E-state index in [0.29, 0.717) is 87.7 Å². The zero-order valence-corrected chi connectivity index (χ0v) is 35.9. The summed E-state index contributed by atoms with van der Waals surface area (Å²) in [5.41, 5.74) is 1.98. The van der Waals surface area contributed by atoms with E-state index in [-0.39, 0.29) is 48.3 Å². The van der Waals surface area contributed by atoms with Gasteiger partial charge in [0.15, 0.2) is 0 Å². The van der Waals surface area contributed by atoms with Gasteiger partial charge in [0, 0.05) is 76.5 Å². The largest absolute Gasteiger partial charge is 0.351 e. The Balaban J connectivity index is 0.732. The number of fused-ring (bicyclic) bond motifs is 3. The number of anilines is 2. The summed E-state index contributed by atoms with van der Waals surface area (Å²) in [6.07, 6.45) is 12.6. The van der Waals surface area contributed by atoms with E-state index < -0.39 is 33.1 Å². The second-order valence-electron chi connectivity index (χ2n) is 18.8. The van der Waals surface area contributed by atoms with Gasteiger partial charge in [-0.1, -0.05) is 19.4 Å². The normalized spacial score (nSPS) is 26.6. The molecule has 7 heterocycles. The molecule has 10 rings (SSSR count). The number of amides is 4. The fraction of sp³-hybridized carbons (Fsp3) is 0.651. The highest BCUT2D eigenvalue weighted by Crippen LogP contribution is 2.58. The highest BCUT2D eigenvalue weighted by molar-refractivity contribution is 7.86. The van der Waals surface area contributed by atoms with Crippen LogP contribution >= 0.6 is 0 Å². The van der Waals surface area contributed by atoms with Gasteiger partial charge in [0.05, 0.1) is 22.0 Å². The van der Waals surface area contributed by atoms with Gasteiger partial charge >= 0.3 is 5.69 Å². The first-order chi connectivity index (χ1) is 29.3. The number of imidazole rings is 1. The third-order valence-corrected chi connectivity index (χ3v) is 17.0. The maximum absolute atomic E-state index is 13.9. The third-order valence-electron chi connectivity index (χ3n) is 15.1. The number of hydrogen-bond acceptors (Lipinski definition) is 10. The molecule has 2 aliphatic carbocycles. The monoisotopic (exact) mass is 856 g/mol. The molecule has 61 heavy (non-hydrogen) atoms. The fourth-order valence-electron chi connectivity index (χ4n) is 11.4. The first kappa shape index (κ1) is 40.4. The molecule has 2 aromatic heterocycles. The van der Waals surface area contributed by atoms with Crippen molar-refractivity contribution in [3.05, 3.63) is 46.0 Å². The Bertz CT molecular complexity index is 2480. The lowest BCUT2D eigenvalue weighted by Crippen LogP contribution is -2.74. The van der Waals surface area contributed by atoms with Gasteiger partial charge in [0.1, 0.15) is 11.9 Å². The molecule has 3 atom stereocenters. The molecule has 4 saturated heterocycles. The summed E-state index contributed by atoms with van der Waals surface area (Å²) in [6, 6.07) is 5.10. The number of benzene rings is 1. The number of aromatic nitrogens is 4. The van der Waals surface area contributed by atoms with Crippen LogP contribution in [0.15, 0.2) is 29.2 Å². The molecule has 3 unspecified atom stereocenters. The average Bonchev–Trinajstić information content (AvgIpc) is 3.81. The molecule has 2 N–H and O–H groups in total. The lowest BCUT2D eigenvalue weighted by molar-refractivity contribution is -0.147. The molecule has 3 aromatic rings. The van der Waals surface area contributed by atoms with Crippen LogP contribution < -0.4 is 21.2 Å². The Morgan fingerprint density at radius 3 is 2.44 bits per heavy atom. The number of carbonyl (C=O) groups is 4. The standard InChI is InChI=1S/C43H56N10O7S/c1-27-7-5-9-31(27)53-37-30(43(18-19-43)39(53)57)24-44-40(47-37)45-29-15-21-49(22-16-29)61(59,60)50-25-42(26-50)17-3-4-20-51(42)36(55)10-6-8-28-11-12-32-34(23-28)48(2)41(58)52(32)33-13-14-35(54)46-38(33)56/h11-12,23-24,27,29,31,33H,3-10,13-22,25-26H2,1-2H3,(H,44,45,47)(H,46,54,56). The van der Waals surface area contributed by atoms with Crippen molar-refractivity contribution in [1.82, 2.24) is 37.9 Å². The van der Waals surface area contributed by atoms with Crippen molar-refractivity contribution in [3.8, 4) is 0 Å². The van der Waals surface area contributed by atoms with Crippen LogP contribution in [0, 0.1) is 5.92 Å². The smallest absolute Gasteiger partial charge is 0.329 e. The number of carbonyl (C=O) groups excluding carboxylic acids is 4. The van der Waals surface area contributed by atoms with E-state index in [1.54, 1.807) is 15.7 Å². The Hall–Kier alpha value is -4.68. The first-order valence-electron chi connectivity index (χ1n) is 22.4. The lowest BCUT2D eigenvalue weighted by Gasteiger charge is -2.58. The highest BCUT2D eigenvalue weighted by atomic mass is 32.2. The van der Waals surface area contributed by atoms with E-state index in [9.17, 15) is 32.4 Å². The van der Waals surface area contributed by atoms with Gasteiger partial charge in [0.2, 0.25) is 29.6 Å². The molecule has 2 spiro atoms. The van der Waals surface area contributed by atoms with Crippen LogP contribution in [0.25, 0.3) is 11.0 Å². The van der Waals surface area contributed by atoms with Crippen LogP contribution in [0.1, 0.15) is 114 Å². The van der Waals surface area contributed by atoms with E-state index >= 15 is 0 Å². The van der Waals surface area contributed by atoms with Gasteiger partial charge in [-0.2, -0.15) is 22.0 Å². The molecule has 6 fully saturated rings. The van der Waals surface area contributed by atoms with Crippen molar-refractivity contribution in [3.63, 3.8) is 0 Å². The van der Waals surface area contributed by atoms with E-state index in [0.717, 1.165) is 68.3 Å². The molecule has 7 aliphatic rings. The molecule has 0 bridgehead atoms. The number of likely N-dealkylation sites (tertiary alicyclic amines) is 1. The molecule has 1 aromatic carbocycles. The van der Waals surface area contributed by atoms with Crippen LogP contribution in [0.5, 0.6) is 0 Å². The van der Waals surface area contributed by atoms with E-state index in [1.165, 1.54) is 9.13 Å². The topological polar surface area (TPSA) is 192 Å². The minimum absolute atomic E-state index is 0.00253. The summed E-state index contributed by atoms with van der Waals surface area (Å²) in [7, 11) is -2.05. The zero-order valence-electron chi connectivity index (χ0n) is 35.1. The summed E-state index contributed by atoms with van der Waals surface area (Å²) in [4.78, 5) is 78.5. The van der Waals surface area contributed by atoms with Crippen molar-refractivity contribution in [2.24, 2.45) is 13.0 Å². The fourth-order valence-corrected chi connectivity index (χ4v) is 13.2. The second-order valence-corrected chi connectivity index (χ2v) is 20.8. The molecule has 18 heteroatoms. The molecule has 17 nitrogen and oxygen atoms in total. The zero-order chi connectivity index (χ0) is 42.4. The van der Waals surface area contributed by atoms with Gasteiger partial charge in [0.25, 0.3) is 10.2 Å². The van der Waals surface area contributed by atoms with Crippen LogP contribution in [-0.4, -0.2) is 115 Å². The third kappa shape index (κ3) is 6.69. The summed E-state index contributed by atoms with van der Waals surface area (Å²) in [5.74, 6) is 1.09. The number of aryl methyl sites for hydroxylation is 2. The van der Waals surface area contributed by atoms with Crippen LogP contribution in [0.4, 0.5) is 11.8 Å². The number of imide groups is 1. The van der Waals surface area contributed by atoms with Crippen LogP contribution in [0.2, 0.25) is 0 Å². The number of nitrogens with one attached hydrogen (secondary N) is 2. The van der Waals surface area contributed by atoms with Crippen LogP contribution in [0.3, 0.4) is 0 Å². The molecular weight excluding hydrogens is 801 g/mol. The summed E-state index contributed by atoms with van der Waals surface area (Å²) in [6.45, 7) is 4.17. The lowest BCUT2D eigenvalue weighted by atomic mass is 9.81. The van der Waals surface area contributed by atoms with E-state index in [4.69, 9.17) is 4.98 Å². The summed E-state index contributed by atoms with van der Waals surface area (Å²) < 4.78 is 34.0. The van der Waals surface area contributed by atoms with E-state index in [2.05, 4.69) is 22.5 Å². The van der Waals surface area contributed by atoms with Crippen molar-refractivity contribution < 1.29 is 27.6 Å². The van der Waals surface area contributed by atoms with Gasteiger partial charge in [-0.05, 0) is 101 Å². The first-order valence-corrected chi connectivity index (χ1v) is 23.8. The van der Waals surface area contributed by atoms with Crippen molar-refractivity contribution in [1.29, 1.82) is 0 Å². The van der Waals surface area contributed by atoms with Gasteiger partial charge in [-0.25, -0.2) is 9.78 Å². The van der Waals surface area contributed by atoms with Gasteiger partial charge in [-0.15, -0.1) is 0 Å². The van der Waals surface area contributed by atoms with Gasteiger partial charge < -0.3 is 10.2 Å². The Labute approximate surface area is 355 Å². The average molecular weight is 857 g/mol. The van der Waals surface area contributed by atoms with Crippen molar-refractivity contribution in [2.75, 3.05) is 42.9 Å². The maximum atomic E-state index is 13.9. The number of rotatable bonds is 10. The Morgan fingerprint density at radius 1 is 0.934 bits per heavy atom. The quantitative estimate of drug-likeness (QED) is 0.287. The molecule has 5 aliphatic heterocycles. The highest BCUT2D eigenvalue weighted by Gasteiger charge is 2.62. The Morgan fingerprint density at radius 2 is 1.72 bits per heavy atom. The van der Waals surface area contributed by atoms with Crippen molar-refractivity contribution >= 4 is 56.6 Å². The molecule has 4 amide bonds. The minimum atomic E-state index is -3.71. The SMILES string of the molecule is CC1CCCC1N1C(=O)C2(CC2)c2cnc(NC3CCN(S(=O)(=O)N4CC5(CCCCN5C(=O)CCCc5ccc6c(c5)n(C)c(=O)n6C5CCC(=O)NC5=O)C4)CC3)nc21. The second kappa shape index (κ2) is 15.0. The predicted molar refractivity (Wildman–Crippen MR) is 226 cm³/mol. The predicted octanol–water partition coefficient (Wildman–Crippen LogP) is 2.89. The summed E-state index contributed by atoms with van der Waals surface area (Å²) >= 11 is 0. The molecular formula is C43H56N10O7S. The molecule has 2 saturated carbocycles. The minimum Gasteiger partial charge on any atom is -0.351 e. The maximum Gasteiger partial charge on any atom is 0.329 e. The van der Waals surface area contributed by atoms with Gasteiger partial charge in [-0.3, -0.25) is 38.5 Å². The summed E-state index contributed by atoms with van der Waals surface area (Å²) in [5, 5.41) is 5.81. The number of nitrogens with zero attached hydrogens (tertiary/aromatic N) is 8. The Kier molecular flexibility index (Phi) is 9.93. The van der Waals surface area contributed by atoms with Crippen molar-refractivity contribution in [2.45, 2.75) is 132 Å². The molecule has 326 valence electrons.